The minimum Gasteiger partial charge on any atom is -0.491 e. The number of esters is 1. The zero-order chi connectivity index (χ0) is 30.3. The van der Waals surface area contributed by atoms with Gasteiger partial charge in [0.2, 0.25) is 4.34 Å². The Hall–Kier alpha value is -3.66. The summed E-state index contributed by atoms with van der Waals surface area (Å²) in [4.78, 5) is 16.6. The lowest BCUT2D eigenvalue weighted by Crippen LogP contribution is -2.43. The molecule has 2 heterocycles. The van der Waals surface area contributed by atoms with E-state index in [-0.39, 0.29) is 29.5 Å². The Morgan fingerprint density at radius 2 is 1.88 bits per heavy atom. The number of nitrogens with one attached hydrogen (secondary N) is 1. The molecule has 2 atom stereocenters. The van der Waals surface area contributed by atoms with Crippen LogP contribution in [0.15, 0.2) is 53.0 Å². The van der Waals surface area contributed by atoms with Gasteiger partial charge in [-0.1, -0.05) is 31.2 Å². The summed E-state index contributed by atoms with van der Waals surface area (Å²) in [5, 5.41) is 17.0. The average molecular weight is 621 g/mol. The minimum atomic E-state index is -3.88. The number of benzene rings is 2. The Balaban J connectivity index is 1.38. The lowest BCUT2D eigenvalue weighted by atomic mass is 10.0. The third-order valence-corrected chi connectivity index (χ3v) is 8.74. The zero-order valence-electron chi connectivity index (χ0n) is 23.4. The van der Waals surface area contributed by atoms with Crippen LogP contribution in [0.25, 0.3) is 10.2 Å². The molecule has 0 radical (unpaired) electrons. The molecule has 15 heteroatoms. The number of methoxy groups -OCH3 is 1. The van der Waals surface area contributed by atoms with Crippen molar-refractivity contribution >= 4 is 37.5 Å². The Kier molecular flexibility index (Phi) is 10.4. The smallest absolute Gasteiger partial charge is 0.323 e. The molecule has 0 amide bonds. The molecule has 4 aromatic rings. The molecule has 226 valence electrons. The fourth-order valence-electron chi connectivity index (χ4n) is 4.19. The van der Waals surface area contributed by atoms with Gasteiger partial charge in [0.1, 0.15) is 43.1 Å². The van der Waals surface area contributed by atoms with Gasteiger partial charge in [0.05, 0.1) is 29.6 Å². The molecule has 12 nitrogen and oxygen atoms in total. The van der Waals surface area contributed by atoms with E-state index in [4.69, 9.17) is 19.3 Å². The molecule has 0 aliphatic heterocycles. The molecule has 3 N–H and O–H groups in total. The third kappa shape index (κ3) is 8.21. The van der Waals surface area contributed by atoms with Gasteiger partial charge in [-0.15, -0.1) is 16.4 Å². The van der Waals surface area contributed by atoms with Crippen molar-refractivity contribution in [2.45, 2.75) is 43.3 Å². The van der Waals surface area contributed by atoms with Crippen LogP contribution in [0.5, 0.6) is 11.5 Å². The van der Waals surface area contributed by atoms with Crippen LogP contribution >= 0.6 is 11.3 Å². The van der Waals surface area contributed by atoms with Crippen LogP contribution in [-0.4, -0.2) is 67.3 Å². The van der Waals surface area contributed by atoms with Crippen molar-refractivity contribution in [3.05, 3.63) is 59.9 Å². The molecular formula is C27H33FN6O6S2. The summed E-state index contributed by atoms with van der Waals surface area (Å²) < 4.78 is 53.9. The van der Waals surface area contributed by atoms with Crippen molar-refractivity contribution in [1.29, 1.82) is 0 Å². The highest BCUT2D eigenvalue weighted by Gasteiger charge is 2.24. The number of nitrogens with zero attached hydrogens (tertiary/aromatic N) is 4. The van der Waals surface area contributed by atoms with E-state index in [1.165, 1.54) is 7.11 Å². The number of carbonyl (C=O) groups is 1. The second-order valence-electron chi connectivity index (χ2n) is 9.81. The first kappa shape index (κ1) is 31.3. The standard InChI is InChI=1S/C27H33FN6O6S2/c1-17(2)24(14-30-23(26(35)38-3)12-18-4-6-20(7-5-18)39-11-10-28)34-15-19(32-33-34)16-40-21-8-9-22-25(13-21)41-27(31-22)42(29,36)37/h4-9,13,15,17,23-24,30H,10-12,14,16H2,1-3H3,(H2,29,36,37)/t23-,24+/m0/s1. The molecule has 0 spiro atoms. The van der Waals surface area contributed by atoms with Gasteiger partial charge in [0.25, 0.3) is 10.0 Å². The minimum absolute atomic E-state index is 0.00866. The number of halogens is 1. The predicted molar refractivity (Wildman–Crippen MR) is 155 cm³/mol. The van der Waals surface area contributed by atoms with Gasteiger partial charge in [0.15, 0.2) is 0 Å². The van der Waals surface area contributed by atoms with Gasteiger partial charge in [-0.2, -0.15) is 0 Å². The first-order valence-electron chi connectivity index (χ1n) is 13.1. The monoisotopic (exact) mass is 620 g/mol. The van der Waals surface area contributed by atoms with Crippen molar-refractivity contribution in [2.75, 3.05) is 26.9 Å². The van der Waals surface area contributed by atoms with E-state index < -0.39 is 28.7 Å². The molecule has 0 aliphatic carbocycles. The van der Waals surface area contributed by atoms with E-state index in [9.17, 15) is 17.6 Å². The fraction of sp³-hybridized carbons (Fsp3) is 0.407. The number of aromatic nitrogens is 4. The van der Waals surface area contributed by atoms with Gasteiger partial charge in [-0.05, 0) is 48.2 Å². The summed E-state index contributed by atoms with van der Waals surface area (Å²) >= 11 is 0.972. The van der Waals surface area contributed by atoms with E-state index in [1.807, 2.05) is 26.0 Å². The fourth-order valence-corrected chi connectivity index (χ4v) is 5.87. The number of carbonyl (C=O) groups excluding carboxylic acids is 1. The summed E-state index contributed by atoms with van der Waals surface area (Å²) in [6, 6.07) is 11.5. The predicted octanol–water partition coefficient (Wildman–Crippen LogP) is 3.03. The number of ether oxygens (including phenoxy) is 3. The Morgan fingerprint density at radius 3 is 2.55 bits per heavy atom. The molecule has 0 saturated heterocycles. The van der Waals surface area contributed by atoms with Crippen molar-refractivity contribution < 1.29 is 31.8 Å². The molecule has 2 aromatic heterocycles. The highest BCUT2D eigenvalue weighted by atomic mass is 32.2. The number of alkyl halides is 1. The molecule has 42 heavy (non-hydrogen) atoms. The van der Waals surface area contributed by atoms with Crippen molar-refractivity contribution in [3.63, 3.8) is 0 Å². The normalized spacial score (nSPS) is 13.3. The largest absolute Gasteiger partial charge is 0.491 e. The zero-order valence-corrected chi connectivity index (χ0v) is 25.0. The number of hydrogen-bond donors (Lipinski definition) is 2. The van der Waals surface area contributed by atoms with Crippen LogP contribution in [0, 0.1) is 5.92 Å². The topological polar surface area (TPSA) is 161 Å². The third-order valence-electron chi connectivity index (χ3n) is 6.41. The molecule has 4 rings (SSSR count). The van der Waals surface area contributed by atoms with Crippen LogP contribution in [-0.2, 0) is 32.6 Å². The van der Waals surface area contributed by atoms with Crippen molar-refractivity contribution in [2.24, 2.45) is 11.1 Å². The summed E-state index contributed by atoms with van der Waals surface area (Å²) in [6.07, 6.45) is 2.18. The Morgan fingerprint density at radius 1 is 1.14 bits per heavy atom. The summed E-state index contributed by atoms with van der Waals surface area (Å²) in [6.45, 7) is 4.09. The number of hydrogen-bond acceptors (Lipinski definition) is 11. The van der Waals surface area contributed by atoms with Crippen molar-refractivity contribution in [3.8, 4) is 11.5 Å². The molecule has 0 bridgehead atoms. The van der Waals surface area contributed by atoms with E-state index in [0.717, 1.165) is 16.9 Å². The maximum atomic E-state index is 12.6. The average Bonchev–Trinajstić information content (AvgIpc) is 3.61. The quantitative estimate of drug-likeness (QED) is 0.189. The van der Waals surface area contributed by atoms with Gasteiger partial charge in [-0.25, -0.2) is 27.6 Å². The second kappa shape index (κ2) is 14.0. The molecule has 2 aromatic carbocycles. The molecule has 0 aliphatic rings. The van der Waals surface area contributed by atoms with Crippen LogP contribution in [0.3, 0.4) is 0 Å². The first-order valence-corrected chi connectivity index (χ1v) is 15.5. The molecule has 0 saturated carbocycles. The van der Waals surface area contributed by atoms with Gasteiger partial charge >= 0.3 is 5.97 Å². The second-order valence-corrected chi connectivity index (χ2v) is 12.6. The van der Waals surface area contributed by atoms with Gasteiger partial charge < -0.3 is 19.5 Å². The highest BCUT2D eigenvalue weighted by Crippen LogP contribution is 2.28. The van der Waals surface area contributed by atoms with Crippen LogP contribution in [0.2, 0.25) is 0 Å². The van der Waals surface area contributed by atoms with E-state index in [0.29, 0.717) is 40.4 Å². The molecule has 0 fully saturated rings. The Bertz CT molecular complexity index is 1590. The van der Waals surface area contributed by atoms with E-state index >= 15 is 0 Å². The maximum absolute atomic E-state index is 12.6. The van der Waals surface area contributed by atoms with Gasteiger partial charge in [-0.3, -0.25) is 4.79 Å². The number of fused-ring (bicyclic) bond motifs is 1. The lowest BCUT2D eigenvalue weighted by molar-refractivity contribution is -0.143. The number of primary sulfonamides is 1. The van der Waals surface area contributed by atoms with E-state index in [1.54, 1.807) is 41.2 Å². The highest BCUT2D eigenvalue weighted by molar-refractivity contribution is 7.91. The maximum Gasteiger partial charge on any atom is 0.323 e. The SMILES string of the molecule is COC(=O)[C@H](Cc1ccc(OCCF)cc1)NC[C@H](C(C)C)n1cc(COc2ccc3nc(S(N)(=O)=O)sc3c2)nn1. The number of thiazole rings is 1. The first-order chi connectivity index (χ1) is 20.1. The van der Waals surface area contributed by atoms with E-state index in [2.05, 4.69) is 20.6 Å². The van der Waals surface area contributed by atoms with Crippen molar-refractivity contribution in [1.82, 2.24) is 25.3 Å². The van der Waals surface area contributed by atoms with Gasteiger partial charge in [0, 0.05) is 6.54 Å². The number of nitrogens with two attached hydrogens (primary N) is 1. The van der Waals surface area contributed by atoms with Crippen LogP contribution in [0.1, 0.15) is 31.1 Å². The lowest BCUT2D eigenvalue weighted by Gasteiger charge is -2.24. The molecular weight excluding hydrogens is 587 g/mol. The summed E-state index contributed by atoms with van der Waals surface area (Å²) in [7, 11) is -2.54. The van der Waals surface area contributed by atoms with Crippen LogP contribution < -0.4 is 19.9 Å². The summed E-state index contributed by atoms with van der Waals surface area (Å²) in [5.74, 6) is 0.841. The summed E-state index contributed by atoms with van der Waals surface area (Å²) in [5.41, 5.74) is 2.00. The number of sulfonamides is 1. The molecule has 0 unspecified atom stereocenters. The number of rotatable bonds is 15. The van der Waals surface area contributed by atoms with Crippen LogP contribution in [0.4, 0.5) is 4.39 Å². The Labute approximate surface area is 247 Å².